The van der Waals surface area contributed by atoms with Gasteiger partial charge in [0.2, 0.25) is 0 Å². The molecule has 0 unspecified atom stereocenters. The summed E-state index contributed by atoms with van der Waals surface area (Å²) in [7, 11) is 1.55. The minimum atomic E-state index is -1.01. The number of carboxylic acid groups (broad SMARTS) is 1. The van der Waals surface area contributed by atoms with Gasteiger partial charge in [0.15, 0.2) is 0 Å². The summed E-state index contributed by atoms with van der Waals surface area (Å²) >= 11 is 0. The van der Waals surface area contributed by atoms with Gasteiger partial charge >= 0.3 is 5.97 Å². The van der Waals surface area contributed by atoms with Crippen LogP contribution in [0.5, 0.6) is 11.5 Å². The van der Waals surface area contributed by atoms with E-state index in [2.05, 4.69) is 9.97 Å². The Morgan fingerprint density at radius 1 is 0.967 bits per heavy atom. The lowest BCUT2D eigenvalue weighted by molar-refractivity contribution is -0.130. The summed E-state index contributed by atoms with van der Waals surface area (Å²) in [4.78, 5) is 20.8. The van der Waals surface area contributed by atoms with Crippen molar-refractivity contribution in [2.75, 3.05) is 7.11 Å². The number of ether oxygens (including phenoxy) is 2. The highest BCUT2D eigenvalue weighted by Gasteiger charge is 2.12. The highest BCUT2D eigenvalue weighted by Crippen LogP contribution is 2.24. The van der Waals surface area contributed by atoms with Crippen LogP contribution in [-0.2, 0) is 11.4 Å². The molecule has 6 heteroatoms. The van der Waals surface area contributed by atoms with E-state index >= 15 is 0 Å². The molecule has 0 aliphatic carbocycles. The standard InChI is InChI=1S/C24H24N2O4/c1-15-16(2)26-23(17(3)25-15)14-30-20-10-8-18(9-11-20)12-22(24(27)28)19-6-5-7-21(13-19)29-4/h5-13H,14H2,1-4H3,(H,27,28)/b22-12+. The summed E-state index contributed by atoms with van der Waals surface area (Å²) in [5.41, 5.74) is 4.96. The third kappa shape index (κ3) is 5.03. The maximum absolute atomic E-state index is 11.8. The zero-order chi connectivity index (χ0) is 21.7. The lowest BCUT2D eigenvalue weighted by Crippen LogP contribution is -2.06. The molecule has 1 N–H and O–H groups in total. The van der Waals surface area contributed by atoms with Gasteiger partial charge in [0.25, 0.3) is 0 Å². The SMILES string of the molecule is COc1cccc(/C(=C\c2ccc(OCc3nc(C)c(C)nc3C)cc2)C(=O)O)c1. The average Bonchev–Trinajstić information content (AvgIpc) is 2.74. The van der Waals surface area contributed by atoms with Crippen molar-refractivity contribution in [1.29, 1.82) is 0 Å². The molecule has 0 amide bonds. The van der Waals surface area contributed by atoms with Crippen LogP contribution in [0.1, 0.15) is 33.9 Å². The average molecular weight is 404 g/mol. The zero-order valence-corrected chi connectivity index (χ0v) is 17.5. The molecule has 2 aromatic carbocycles. The van der Waals surface area contributed by atoms with Crippen molar-refractivity contribution in [1.82, 2.24) is 9.97 Å². The highest BCUT2D eigenvalue weighted by atomic mass is 16.5. The van der Waals surface area contributed by atoms with E-state index in [1.54, 1.807) is 49.6 Å². The lowest BCUT2D eigenvalue weighted by atomic mass is 10.0. The van der Waals surface area contributed by atoms with Crippen LogP contribution in [0.2, 0.25) is 0 Å². The van der Waals surface area contributed by atoms with Crippen molar-refractivity contribution in [2.24, 2.45) is 0 Å². The summed E-state index contributed by atoms with van der Waals surface area (Å²) in [6.45, 7) is 6.09. The Balaban J connectivity index is 1.77. The second kappa shape index (κ2) is 9.22. The molecule has 0 saturated carbocycles. The first-order valence-corrected chi connectivity index (χ1v) is 9.50. The second-order valence-corrected chi connectivity index (χ2v) is 6.88. The number of aryl methyl sites for hydroxylation is 3. The van der Waals surface area contributed by atoms with Crippen LogP contribution >= 0.6 is 0 Å². The number of rotatable bonds is 7. The Bertz CT molecular complexity index is 1090. The quantitative estimate of drug-likeness (QED) is 0.457. The molecule has 0 aliphatic heterocycles. The van der Waals surface area contributed by atoms with Crippen molar-refractivity contribution in [2.45, 2.75) is 27.4 Å². The molecular formula is C24H24N2O4. The van der Waals surface area contributed by atoms with Gasteiger partial charge in [-0.2, -0.15) is 0 Å². The predicted molar refractivity (Wildman–Crippen MR) is 116 cm³/mol. The molecule has 30 heavy (non-hydrogen) atoms. The van der Waals surface area contributed by atoms with E-state index in [9.17, 15) is 9.90 Å². The monoisotopic (exact) mass is 404 g/mol. The van der Waals surface area contributed by atoms with Crippen LogP contribution in [-0.4, -0.2) is 28.2 Å². The Kier molecular flexibility index (Phi) is 6.47. The van der Waals surface area contributed by atoms with Gasteiger partial charge in [-0.25, -0.2) is 4.79 Å². The largest absolute Gasteiger partial charge is 0.497 e. The number of aliphatic carboxylic acids is 1. The Morgan fingerprint density at radius 2 is 1.67 bits per heavy atom. The first-order chi connectivity index (χ1) is 14.4. The van der Waals surface area contributed by atoms with Gasteiger partial charge < -0.3 is 14.6 Å². The molecule has 0 atom stereocenters. The van der Waals surface area contributed by atoms with E-state index in [1.807, 2.05) is 32.9 Å². The summed E-state index contributed by atoms with van der Waals surface area (Å²) in [5.74, 6) is 0.269. The normalized spacial score (nSPS) is 11.3. The van der Waals surface area contributed by atoms with Gasteiger partial charge in [-0.1, -0.05) is 24.3 Å². The number of hydrogen-bond acceptors (Lipinski definition) is 5. The van der Waals surface area contributed by atoms with Crippen LogP contribution in [0, 0.1) is 20.8 Å². The van der Waals surface area contributed by atoms with Crippen molar-refractivity contribution < 1.29 is 19.4 Å². The molecule has 0 radical (unpaired) electrons. The van der Waals surface area contributed by atoms with E-state index in [0.717, 1.165) is 28.3 Å². The molecule has 0 saturated heterocycles. The van der Waals surface area contributed by atoms with Gasteiger partial charge in [-0.15, -0.1) is 0 Å². The molecular weight excluding hydrogens is 380 g/mol. The number of aromatic nitrogens is 2. The second-order valence-electron chi connectivity index (χ2n) is 6.88. The number of hydrogen-bond donors (Lipinski definition) is 1. The Hall–Kier alpha value is -3.67. The molecule has 0 aliphatic rings. The third-order valence-corrected chi connectivity index (χ3v) is 4.76. The van der Waals surface area contributed by atoms with Crippen molar-refractivity contribution in [3.63, 3.8) is 0 Å². The summed E-state index contributed by atoms with van der Waals surface area (Å²) in [5, 5.41) is 9.64. The van der Waals surface area contributed by atoms with Crippen LogP contribution in [0.4, 0.5) is 0 Å². The number of carboxylic acids is 1. The molecule has 1 aromatic heterocycles. The maximum Gasteiger partial charge on any atom is 0.336 e. The Morgan fingerprint density at radius 3 is 2.33 bits per heavy atom. The molecule has 0 bridgehead atoms. The van der Waals surface area contributed by atoms with Crippen molar-refractivity contribution in [3.05, 3.63) is 82.4 Å². The first kappa shape index (κ1) is 21.0. The summed E-state index contributed by atoms with van der Waals surface area (Å²) < 4.78 is 11.0. The smallest absolute Gasteiger partial charge is 0.336 e. The third-order valence-electron chi connectivity index (χ3n) is 4.76. The fourth-order valence-electron chi connectivity index (χ4n) is 2.94. The van der Waals surface area contributed by atoms with Gasteiger partial charge in [-0.3, -0.25) is 9.97 Å². The minimum absolute atomic E-state index is 0.184. The lowest BCUT2D eigenvalue weighted by Gasteiger charge is -2.10. The molecule has 3 aromatic rings. The fourth-order valence-corrected chi connectivity index (χ4v) is 2.94. The summed E-state index contributed by atoms with van der Waals surface area (Å²) in [6, 6.07) is 14.2. The molecule has 0 spiro atoms. The maximum atomic E-state index is 11.8. The van der Waals surface area contributed by atoms with Crippen LogP contribution in [0.15, 0.2) is 48.5 Å². The van der Waals surface area contributed by atoms with Crippen molar-refractivity contribution in [3.8, 4) is 11.5 Å². The predicted octanol–water partition coefficient (Wildman–Crippen LogP) is 4.61. The number of benzene rings is 2. The zero-order valence-electron chi connectivity index (χ0n) is 17.5. The van der Waals surface area contributed by atoms with E-state index in [1.165, 1.54) is 0 Å². The fraction of sp³-hybridized carbons (Fsp3) is 0.208. The minimum Gasteiger partial charge on any atom is -0.497 e. The number of methoxy groups -OCH3 is 1. The van der Waals surface area contributed by atoms with E-state index in [0.29, 0.717) is 23.7 Å². The van der Waals surface area contributed by atoms with Gasteiger partial charge in [-0.05, 0) is 62.2 Å². The summed E-state index contributed by atoms with van der Waals surface area (Å²) in [6.07, 6.45) is 1.62. The van der Waals surface area contributed by atoms with Gasteiger partial charge in [0.1, 0.15) is 18.1 Å². The molecule has 6 nitrogen and oxygen atoms in total. The molecule has 0 fully saturated rings. The van der Waals surface area contributed by atoms with Crippen LogP contribution < -0.4 is 9.47 Å². The van der Waals surface area contributed by atoms with E-state index in [4.69, 9.17) is 9.47 Å². The van der Waals surface area contributed by atoms with E-state index in [-0.39, 0.29) is 5.57 Å². The van der Waals surface area contributed by atoms with Crippen molar-refractivity contribution >= 4 is 17.6 Å². The topological polar surface area (TPSA) is 81.5 Å². The Labute approximate surface area is 175 Å². The number of nitrogens with zero attached hydrogens (tertiary/aromatic N) is 2. The highest BCUT2D eigenvalue weighted by molar-refractivity contribution is 6.20. The van der Waals surface area contributed by atoms with E-state index < -0.39 is 5.97 Å². The first-order valence-electron chi connectivity index (χ1n) is 9.50. The van der Waals surface area contributed by atoms with Gasteiger partial charge in [0, 0.05) is 0 Å². The molecule has 154 valence electrons. The van der Waals surface area contributed by atoms with Gasteiger partial charge in [0.05, 0.1) is 35.5 Å². The van der Waals surface area contributed by atoms with Crippen LogP contribution in [0.25, 0.3) is 11.6 Å². The molecule has 1 heterocycles. The van der Waals surface area contributed by atoms with Crippen LogP contribution in [0.3, 0.4) is 0 Å². The number of carbonyl (C=O) groups is 1. The molecule has 3 rings (SSSR count).